The van der Waals surface area contributed by atoms with Crippen molar-refractivity contribution in [1.82, 2.24) is 0 Å². The molecule has 1 saturated carbocycles. The maximum atomic E-state index is 12.9. The summed E-state index contributed by atoms with van der Waals surface area (Å²) in [7, 11) is -3.61. The molecule has 1 fully saturated rings. The normalized spacial score (nSPS) is 18.0. The van der Waals surface area contributed by atoms with Crippen molar-refractivity contribution in [2.24, 2.45) is 5.92 Å². The second-order valence-corrected chi connectivity index (χ2v) is 10.9. The van der Waals surface area contributed by atoms with E-state index in [2.05, 4.69) is 5.32 Å². The molecule has 2 aliphatic rings. The fraction of sp³-hybridized carbons (Fsp3) is 0.417. The Labute approximate surface area is 183 Å². The number of carbonyl (C=O) groups is 2. The van der Waals surface area contributed by atoms with Gasteiger partial charge in [-0.3, -0.25) is 9.59 Å². The van der Waals surface area contributed by atoms with Gasteiger partial charge in [0.2, 0.25) is 11.8 Å². The van der Waals surface area contributed by atoms with Gasteiger partial charge in [-0.1, -0.05) is 17.7 Å². The first-order valence-electron chi connectivity index (χ1n) is 10.7. The number of sulfone groups is 1. The van der Waals surface area contributed by atoms with Crippen LogP contribution in [-0.2, 0) is 25.8 Å². The molecule has 2 aromatic carbocycles. The SMILES string of the molecule is Cc1ccc(NC(=O)CCS(=O)(=O)c2ccc3c(c2)C[C@H](C)N3C(=O)C2CC2)c(C)c1. The lowest BCUT2D eigenvalue weighted by Crippen LogP contribution is -2.36. The number of amides is 2. The van der Waals surface area contributed by atoms with Crippen LogP contribution in [0.4, 0.5) is 11.4 Å². The maximum absolute atomic E-state index is 12.9. The lowest BCUT2D eigenvalue weighted by atomic mass is 10.1. The van der Waals surface area contributed by atoms with Gasteiger partial charge in [0.1, 0.15) is 0 Å². The molecule has 0 aromatic heterocycles. The van der Waals surface area contributed by atoms with Gasteiger partial charge < -0.3 is 10.2 Å². The molecule has 0 saturated heterocycles. The molecule has 31 heavy (non-hydrogen) atoms. The van der Waals surface area contributed by atoms with Crippen LogP contribution in [0, 0.1) is 19.8 Å². The van der Waals surface area contributed by atoms with Crippen molar-refractivity contribution in [3.05, 3.63) is 53.1 Å². The number of hydrogen-bond donors (Lipinski definition) is 1. The molecular formula is C24H28N2O4S. The molecule has 2 amide bonds. The van der Waals surface area contributed by atoms with Gasteiger partial charge in [-0.05, 0) is 75.4 Å². The standard InChI is InChI=1S/C24H28N2O4S/c1-15-4-8-21(16(2)12-15)25-23(27)10-11-31(29,30)20-7-9-22-19(14-20)13-17(3)26(22)24(28)18-5-6-18/h4,7-9,12,14,17-18H,5-6,10-11,13H2,1-3H3,(H,25,27)/t17-/m0/s1. The van der Waals surface area contributed by atoms with E-state index in [1.165, 1.54) is 0 Å². The van der Waals surface area contributed by atoms with Crippen molar-refractivity contribution in [3.8, 4) is 0 Å². The second kappa shape index (κ2) is 8.11. The molecule has 1 N–H and O–H groups in total. The largest absolute Gasteiger partial charge is 0.326 e. The van der Waals surface area contributed by atoms with E-state index in [0.29, 0.717) is 12.1 Å². The third-order valence-electron chi connectivity index (χ3n) is 6.04. The number of hydrogen-bond acceptors (Lipinski definition) is 4. The minimum absolute atomic E-state index is 0.0320. The highest BCUT2D eigenvalue weighted by atomic mass is 32.2. The highest BCUT2D eigenvalue weighted by Gasteiger charge is 2.39. The quantitative estimate of drug-likeness (QED) is 0.741. The highest BCUT2D eigenvalue weighted by molar-refractivity contribution is 7.91. The van der Waals surface area contributed by atoms with Crippen LogP contribution in [0.3, 0.4) is 0 Å². The molecule has 6 nitrogen and oxygen atoms in total. The molecular weight excluding hydrogens is 412 g/mol. The molecule has 1 aliphatic heterocycles. The zero-order valence-corrected chi connectivity index (χ0v) is 19.0. The van der Waals surface area contributed by atoms with Gasteiger partial charge in [-0.15, -0.1) is 0 Å². The van der Waals surface area contributed by atoms with Gasteiger partial charge >= 0.3 is 0 Å². The van der Waals surface area contributed by atoms with E-state index in [0.717, 1.165) is 35.2 Å². The summed E-state index contributed by atoms with van der Waals surface area (Å²) < 4.78 is 25.7. The Morgan fingerprint density at radius 1 is 1.10 bits per heavy atom. The van der Waals surface area contributed by atoms with E-state index < -0.39 is 9.84 Å². The maximum Gasteiger partial charge on any atom is 0.230 e. The van der Waals surface area contributed by atoms with Crippen molar-refractivity contribution in [1.29, 1.82) is 0 Å². The monoisotopic (exact) mass is 440 g/mol. The summed E-state index contributed by atoms with van der Waals surface area (Å²) in [6.07, 6.45) is 2.40. The van der Waals surface area contributed by atoms with Crippen LogP contribution in [0.5, 0.6) is 0 Å². The van der Waals surface area contributed by atoms with Crippen molar-refractivity contribution in [3.63, 3.8) is 0 Å². The van der Waals surface area contributed by atoms with E-state index in [1.807, 2.05) is 43.9 Å². The Morgan fingerprint density at radius 3 is 2.52 bits per heavy atom. The molecule has 1 aliphatic carbocycles. The number of anilines is 2. The molecule has 4 rings (SSSR count). The molecule has 7 heteroatoms. The van der Waals surface area contributed by atoms with Crippen molar-refractivity contribution in [2.75, 3.05) is 16.0 Å². The van der Waals surface area contributed by atoms with Crippen LogP contribution < -0.4 is 10.2 Å². The average Bonchev–Trinajstić information content (AvgIpc) is 3.50. The third-order valence-corrected chi connectivity index (χ3v) is 7.76. The number of nitrogens with one attached hydrogen (secondary N) is 1. The Morgan fingerprint density at radius 2 is 1.84 bits per heavy atom. The first kappa shape index (κ1) is 21.6. The van der Waals surface area contributed by atoms with E-state index in [1.54, 1.807) is 18.2 Å². The topological polar surface area (TPSA) is 83.6 Å². The van der Waals surface area contributed by atoms with Gasteiger partial charge in [0.05, 0.1) is 10.6 Å². The lowest BCUT2D eigenvalue weighted by Gasteiger charge is -2.22. The van der Waals surface area contributed by atoms with Gasteiger partial charge in [-0.25, -0.2) is 8.42 Å². The van der Waals surface area contributed by atoms with Crippen LogP contribution in [0.2, 0.25) is 0 Å². The Balaban J connectivity index is 1.44. The molecule has 0 bridgehead atoms. The summed E-state index contributed by atoms with van der Waals surface area (Å²) in [5.74, 6) is -0.327. The van der Waals surface area contributed by atoms with Crippen LogP contribution in [-0.4, -0.2) is 32.0 Å². The molecule has 0 radical (unpaired) electrons. The fourth-order valence-electron chi connectivity index (χ4n) is 4.18. The fourth-order valence-corrected chi connectivity index (χ4v) is 5.46. The minimum Gasteiger partial charge on any atom is -0.326 e. The number of rotatable bonds is 6. The number of fused-ring (bicyclic) bond motifs is 1. The lowest BCUT2D eigenvalue weighted by molar-refractivity contribution is -0.120. The molecule has 164 valence electrons. The Hall–Kier alpha value is -2.67. The summed E-state index contributed by atoms with van der Waals surface area (Å²) in [5.41, 5.74) is 4.42. The third kappa shape index (κ3) is 4.51. The van der Waals surface area contributed by atoms with Gasteiger partial charge in [-0.2, -0.15) is 0 Å². The van der Waals surface area contributed by atoms with Crippen LogP contribution >= 0.6 is 0 Å². The predicted molar refractivity (Wildman–Crippen MR) is 121 cm³/mol. The minimum atomic E-state index is -3.61. The van der Waals surface area contributed by atoms with Crippen molar-refractivity contribution >= 4 is 33.0 Å². The smallest absolute Gasteiger partial charge is 0.230 e. The molecule has 2 aromatic rings. The summed E-state index contributed by atoms with van der Waals surface area (Å²) in [6.45, 7) is 5.87. The van der Waals surface area contributed by atoms with Gasteiger partial charge in [0.15, 0.2) is 9.84 Å². The molecule has 1 heterocycles. The molecule has 0 spiro atoms. The zero-order valence-electron chi connectivity index (χ0n) is 18.1. The summed E-state index contributed by atoms with van der Waals surface area (Å²) in [5, 5.41) is 2.80. The van der Waals surface area contributed by atoms with E-state index in [-0.39, 0.29) is 40.8 Å². The van der Waals surface area contributed by atoms with Gasteiger partial charge in [0, 0.05) is 29.8 Å². The van der Waals surface area contributed by atoms with E-state index in [9.17, 15) is 18.0 Å². The van der Waals surface area contributed by atoms with Gasteiger partial charge in [0.25, 0.3) is 0 Å². The number of nitrogens with zero attached hydrogens (tertiary/aromatic N) is 1. The van der Waals surface area contributed by atoms with E-state index >= 15 is 0 Å². The highest BCUT2D eigenvalue weighted by Crippen LogP contribution is 2.39. The second-order valence-electron chi connectivity index (χ2n) is 8.76. The van der Waals surface area contributed by atoms with Crippen LogP contribution in [0.25, 0.3) is 0 Å². The van der Waals surface area contributed by atoms with Crippen molar-refractivity contribution < 1.29 is 18.0 Å². The molecule has 0 unspecified atom stereocenters. The summed E-state index contributed by atoms with van der Waals surface area (Å²) in [6, 6.07) is 10.7. The Kier molecular flexibility index (Phi) is 5.64. The zero-order chi connectivity index (χ0) is 22.3. The number of aryl methyl sites for hydroxylation is 2. The van der Waals surface area contributed by atoms with E-state index in [4.69, 9.17) is 0 Å². The first-order valence-corrected chi connectivity index (χ1v) is 12.4. The number of benzene rings is 2. The molecule has 1 atom stereocenters. The Bertz CT molecular complexity index is 1150. The predicted octanol–water partition coefficient (Wildman–Crippen LogP) is 3.79. The van der Waals surface area contributed by atoms with Crippen molar-refractivity contribution in [2.45, 2.75) is 57.4 Å². The van der Waals surface area contributed by atoms with Crippen LogP contribution in [0.15, 0.2) is 41.3 Å². The average molecular weight is 441 g/mol. The summed E-state index contributed by atoms with van der Waals surface area (Å²) >= 11 is 0. The van der Waals surface area contributed by atoms with Crippen LogP contribution in [0.1, 0.15) is 42.9 Å². The number of carbonyl (C=O) groups excluding carboxylic acids is 2. The first-order chi connectivity index (χ1) is 14.7. The summed E-state index contributed by atoms with van der Waals surface area (Å²) in [4.78, 5) is 26.9.